The first kappa shape index (κ1) is 20.8. The highest BCUT2D eigenvalue weighted by Crippen LogP contribution is 2.25. The fraction of sp³-hybridized carbons (Fsp3) is 0.619. The smallest absolute Gasteiger partial charge is 0.256 e. The maximum absolute atomic E-state index is 12.8. The number of benzene rings is 1. The van der Waals surface area contributed by atoms with Crippen molar-refractivity contribution in [3.8, 4) is 0 Å². The normalized spacial score (nSPS) is 20.2. The number of carbonyl (C=O) groups is 2. The lowest BCUT2D eigenvalue weighted by Crippen LogP contribution is -2.51. The summed E-state index contributed by atoms with van der Waals surface area (Å²) in [4.78, 5) is 27.4. The number of nitrogens with zero attached hydrogens (tertiary/aromatic N) is 1. The summed E-state index contributed by atoms with van der Waals surface area (Å²) in [5.41, 5.74) is 0.555. The van der Waals surface area contributed by atoms with Crippen molar-refractivity contribution in [1.29, 1.82) is 0 Å². The highest BCUT2D eigenvalue weighted by molar-refractivity contribution is 5.98. The van der Waals surface area contributed by atoms with Gasteiger partial charge in [0.25, 0.3) is 5.91 Å². The first-order valence-electron chi connectivity index (χ1n) is 10.3. The third-order valence-corrected chi connectivity index (χ3v) is 5.69. The first-order valence-corrected chi connectivity index (χ1v) is 10.3. The van der Waals surface area contributed by atoms with Crippen molar-refractivity contribution in [2.75, 3.05) is 50.5 Å². The van der Waals surface area contributed by atoms with Gasteiger partial charge in [0, 0.05) is 18.5 Å². The number of methoxy groups -OCH3 is 1. The van der Waals surface area contributed by atoms with Crippen LogP contribution in [-0.2, 0) is 14.3 Å². The first-order chi connectivity index (χ1) is 13.6. The molecular formula is C21H32N4O3. The molecule has 7 heteroatoms. The number of anilines is 2. The molecule has 2 fully saturated rings. The minimum absolute atomic E-state index is 0.0166. The van der Waals surface area contributed by atoms with E-state index in [-0.39, 0.29) is 11.8 Å². The van der Waals surface area contributed by atoms with Crippen molar-refractivity contribution in [3.63, 3.8) is 0 Å². The number of amides is 2. The second-order valence-electron chi connectivity index (χ2n) is 7.72. The Bertz CT molecular complexity index is 665. The zero-order chi connectivity index (χ0) is 19.8. The van der Waals surface area contributed by atoms with Crippen molar-refractivity contribution in [2.24, 2.45) is 0 Å². The Labute approximate surface area is 167 Å². The molecule has 0 bridgehead atoms. The molecule has 0 aliphatic carbocycles. The Balaban J connectivity index is 1.57. The molecule has 1 aromatic carbocycles. The van der Waals surface area contributed by atoms with Gasteiger partial charge in [-0.2, -0.15) is 0 Å². The van der Waals surface area contributed by atoms with Crippen LogP contribution in [0, 0.1) is 0 Å². The van der Waals surface area contributed by atoms with E-state index in [1.807, 2.05) is 18.2 Å². The average molecular weight is 389 g/mol. The quantitative estimate of drug-likeness (QED) is 0.696. The molecule has 0 radical (unpaired) electrons. The Morgan fingerprint density at radius 1 is 1.07 bits per heavy atom. The number of hydrogen-bond donors (Lipinski definition) is 3. The number of hydrogen-bond acceptors (Lipinski definition) is 5. The molecule has 3 rings (SSSR count). The zero-order valence-electron chi connectivity index (χ0n) is 16.8. The predicted molar refractivity (Wildman–Crippen MR) is 110 cm³/mol. The standard InChI is InChI=1S/C21H32N4O3/c1-28-21(9-11-22-12-10-21)20(27)24-18-8-6-7-17(15-18)23-19(26)16-25-13-4-2-3-5-14-25/h6-8,15,22H,2-5,9-14,16H2,1H3,(H,23,26)(H,24,27). The van der Waals surface area contributed by atoms with Gasteiger partial charge >= 0.3 is 0 Å². The molecule has 3 N–H and O–H groups in total. The lowest BCUT2D eigenvalue weighted by atomic mass is 9.91. The molecular weight excluding hydrogens is 356 g/mol. The van der Waals surface area contributed by atoms with Crippen LogP contribution in [0.25, 0.3) is 0 Å². The molecule has 2 aliphatic rings. The summed E-state index contributed by atoms with van der Waals surface area (Å²) < 4.78 is 5.58. The van der Waals surface area contributed by atoms with Crippen LogP contribution in [0.1, 0.15) is 38.5 Å². The van der Waals surface area contributed by atoms with Crippen LogP contribution in [0.15, 0.2) is 24.3 Å². The Morgan fingerprint density at radius 3 is 2.36 bits per heavy atom. The summed E-state index contributed by atoms with van der Waals surface area (Å²) in [5, 5.41) is 9.16. The predicted octanol–water partition coefficient (Wildman–Crippen LogP) is 2.21. The van der Waals surface area contributed by atoms with Crippen molar-refractivity contribution in [3.05, 3.63) is 24.3 Å². The highest BCUT2D eigenvalue weighted by atomic mass is 16.5. The molecule has 2 heterocycles. The minimum atomic E-state index is -0.794. The molecule has 0 aromatic heterocycles. The monoisotopic (exact) mass is 388 g/mol. The van der Waals surface area contributed by atoms with Gasteiger partial charge in [0.1, 0.15) is 5.60 Å². The lowest BCUT2D eigenvalue weighted by molar-refractivity contribution is -0.140. The molecule has 0 spiro atoms. The molecule has 2 aliphatic heterocycles. The highest BCUT2D eigenvalue weighted by Gasteiger charge is 2.39. The van der Waals surface area contributed by atoms with Crippen molar-refractivity contribution < 1.29 is 14.3 Å². The maximum Gasteiger partial charge on any atom is 0.256 e. The van der Waals surface area contributed by atoms with Crippen molar-refractivity contribution in [1.82, 2.24) is 10.2 Å². The summed E-state index contributed by atoms with van der Waals surface area (Å²) >= 11 is 0. The third-order valence-electron chi connectivity index (χ3n) is 5.69. The summed E-state index contributed by atoms with van der Waals surface area (Å²) in [6, 6.07) is 7.29. The molecule has 1 aromatic rings. The number of carbonyl (C=O) groups excluding carboxylic acids is 2. The number of piperidine rings is 1. The van der Waals surface area contributed by atoms with Gasteiger partial charge in [-0.15, -0.1) is 0 Å². The van der Waals surface area contributed by atoms with Crippen LogP contribution < -0.4 is 16.0 Å². The van der Waals surface area contributed by atoms with Crippen LogP contribution in [-0.4, -0.2) is 62.1 Å². The van der Waals surface area contributed by atoms with Gasteiger partial charge in [-0.3, -0.25) is 14.5 Å². The second-order valence-corrected chi connectivity index (χ2v) is 7.72. The molecule has 0 unspecified atom stereocenters. The number of rotatable bonds is 6. The molecule has 2 amide bonds. The van der Waals surface area contributed by atoms with Crippen LogP contribution in [0.2, 0.25) is 0 Å². The van der Waals surface area contributed by atoms with E-state index in [4.69, 9.17) is 4.74 Å². The molecule has 2 saturated heterocycles. The van der Waals surface area contributed by atoms with Gasteiger partial charge in [-0.1, -0.05) is 18.9 Å². The second kappa shape index (κ2) is 10.0. The maximum atomic E-state index is 12.8. The van der Waals surface area contributed by atoms with E-state index in [1.54, 1.807) is 13.2 Å². The van der Waals surface area contributed by atoms with Crippen molar-refractivity contribution in [2.45, 2.75) is 44.1 Å². The van der Waals surface area contributed by atoms with Gasteiger partial charge < -0.3 is 20.7 Å². The van der Waals surface area contributed by atoms with Crippen LogP contribution >= 0.6 is 0 Å². The summed E-state index contributed by atoms with van der Waals surface area (Å²) in [7, 11) is 1.59. The third kappa shape index (κ3) is 5.53. The van der Waals surface area contributed by atoms with E-state index in [0.29, 0.717) is 30.8 Å². The topological polar surface area (TPSA) is 82.7 Å². The van der Waals surface area contributed by atoms with Gasteiger partial charge in [-0.05, 0) is 70.1 Å². The Kier molecular flexibility index (Phi) is 7.42. The zero-order valence-corrected chi connectivity index (χ0v) is 16.8. The van der Waals surface area contributed by atoms with E-state index < -0.39 is 5.60 Å². The van der Waals surface area contributed by atoms with Gasteiger partial charge in [0.05, 0.1) is 6.54 Å². The SMILES string of the molecule is COC1(C(=O)Nc2cccc(NC(=O)CN3CCCCCC3)c2)CCNCC1. The molecule has 154 valence electrons. The Morgan fingerprint density at radius 2 is 1.71 bits per heavy atom. The van der Waals surface area contributed by atoms with E-state index in [0.717, 1.165) is 39.0 Å². The number of ether oxygens (including phenoxy) is 1. The lowest BCUT2D eigenvalue weighted by Gasteiger charge is -2.34. The van der Waals surface area contributed by atoms with Gasteiger partial charge in [-0.25, -0.2) is 0 Å². The molecule has 0 saturated carbocycles. The fourth-order valence-electron chi connectivity index (χ4n) is 3.97. The van der Waals surface area contributed by atoms with Crippen LogP contribution in [0.3, 0.4) is 0 Å². The van der Waals surface area contributed by atoms with E-state index >= 15 is 0 Å². The Hall–Kier alpha value is -1.96. The average Bonchev–Trinajstić information content (AvgIpc) is 2.97. The van der Waals surface area contributed by atoms with Crippen LogP contribution in [0.5, 0.6) is 0 Å². The summed E-state index contributed by atoms with van der Waals surface area (Å²) in [5.74, 6) is -0.151. The molecule has 28 heavy (non-hydrogen) atoms. The van der Waals surface area contributed by atoms with Gasteiger partial charge in [0.2, 0.25) is 5.91 Å². The minimum Gasteiger partial charge on any atom is -0.368 e. The van der Waals surface area contributed by atoms with Gasteiger partial charge in [0.15, 0.2) is 0 Å². The molecule has 0 atom stereocenters. The number of nitrogens with one attached hydrogen (secondary N) is 3. The fourth-order valence-corrected chi connectivity index (χ4v) is 3.97. The van der Waals surface area contributed by atoms with Crippen LogP contribution in [0.4, 0.5) is 11.4 Å². The largest absolute Gasteiger partial charge is 0.368 e. The summed E-state index contributed by atoms with van der Waals surface area (Å²) in [6.45, 7) is 3.90. The summed E-state index contributed by atoms with van der Waals surface area (Å²) in [6.07, 6.45) is 6.10. The van der Waals surface area contributed by atoms with E-state index in [9.17, 15) is 9.59 Å². The number of likely N-dealkylation sites (tertiary alicyclic amines) is 1. The van der Waals surface area contributed by atoms with E-state index in [2.05, 4.69) is 20.9 Å². The van der Waals surface area contributed by atoms with E-state index in [1.165, 1.54) is 12.8 Å². The molecule has 7 nitrogen and oxygen atoms in total. The van der Waals surface area contributed by atoms with Crippen molar-refractivity contribution >= 4 is 23.2 Å².